The summed E-state index contributed by atoms with van der Waals surface area (Å²) in [6, 6.07) is 13.3. The average molecular weight is 469 g/mol. The topological polar surface area (TPSA) is 86.8 Å². The van der Waals surface area contributed by atoms with Crippen LogP contribution in [0.25, 0.3) is 16.3 Å². The maximum Gasteiger partial charge on any atom is 0.331 e. The van der Waals surface area contributed by atoms with Gasteiger partial charge < -0.3 is 19.5 Å². The zero-order valence-corrected chi connectivity index (χ0v) is 19.7. The SMILES string of the molecule is CCCOc1ccc(/C=C/C(=O)OCC(=O)NCCc2nc3ccccc3s2)cc1OCC. The minimum absolute atomic E-state index is 0.336. The van der Waals surface area contributed by atoms with E-state index in [4.69, 9.17) is 14.2 Å². The number of nitrogens with zero attached hydrogens (tertiary/aromatic N) is 1. The van der Waals surface area contributed by atoms with Gasteiger partial charge in [0.2, 0.25) is 0 Å². The summed E-state index contributed by atoms with van der Waals surface area (Å²) in [6.45, 7) is 5.13. The van der Waals surface area contributed by atoms with Gasteiger partial charge in [0.05, 0.1) is 28.4 Å². The van der Waals surface area contributed by atoms with Crippen LogP contribution in [0.1, 0.15) is 30.8 Å². The van der Waals surface area contributed by atoms with Crippen LogP contribution in [0.5, 0.6) is 11.5 Å². The number of para-hydroxylation sites is 1. The smallest absolute Gasteiger partial charge is 0.331 e. The van der Waals surface area contributed by atoms with E-state index < -0.39 is 5.97 Å². The molecule has 0 saturated carbocycles. The van der Waals surface area contributed by atoms with E-state index in [0.29, 0.717) is 37.7 Å². The highest BCUT2D eigenvalue weighted by atomic mass is 32.1. The first-order valence-corrected chi connectivity index (χ1v) is 11.8. The zero-order chi connectivity index (χ0) is 23.5. The molecule has 3 aromatic rings. The minimum Gasteiger partial charge on any atom is -0.490 e. The van der Waals surface area contributed by atoms with E-state index in [1.807, 2.05) is 50.2 Å². The molecule has 0 atom stereocenters. The molecular formula is C25H28N2O5S. The minimum atomic E-state index is -0.597. The lowest BCUT2D eigenvalue weighted by Crippen LogP contribution is -2.30. The van der Waals surface area contributed by atoms with Gasteiger partial charge in [-0.15, -0.1) is 11.3 Å². The van der Waals surface area contributed by atoms with E-state index in [1.165, 1.54) is 6.08 Å². The van der Waals surface area contributed by atoms with Gasteiger partial charge >= 0.3 is 5.97 Å². The van der Waals surface area contributed by atoms with Crippen LogP contribution in [0.15, 0.2) is 48.5 Å². The van der Waals surface area contributed by atoms with Crippen molar-refractivity contribution in [2.24, 2.45) is 0 Å². The number of hydrogen-bond donors (Lipinski definition) is 1. The normalized spacial score (nSPS) is 11.0. The van der Waals surface area contributed by atoms with Crippen molar-refractivity contribution in [1.29, 1.82) is 0 Å². The molecule has 0 bridgehead atoms. The van der Waals surface area contributed by atoms with E-state index in [0.717, 1.165) is 27.2 Å². The maximum atomic E-state index is 12.0. The first kappa shape index (κ1) is 24.3. The van der Waals surface area contributed by atoms with Gasteiger partial charge in [0.15, 0.2) is 18.1 Å². The van der Waals surface area contributed by atoms with Gasteiger partial charge in [-0.25, -0.2) is 9.78 Å². The van der Waals surface area contributed by atoms with Gasteiger partial charge in [-0.3, -0.25) is 4.79 Å². The number of amides is 1. The molecule has 2 aromatic carbocycles. The summed E-state index contributed by atoms with van der Waals surface area (Å²) in [7, 11) is 0. The van der Waals surface area contributed by atoms with Crippen LogP contribution in [-0.4, -0.2) is 43.2 Å². The fourth-order valence-corrected chi connectivity index (χ4v) is 3.93. The summed E-state index contributed by atoms with van der Waals surface area (Å²) in [4.78, 5) is 28.5. The van der Waals surface area contributed by atoms with Crippen LogP contribution in [0, 0.1) is 0 Å². The number of ether oxygens (including phenoxy) is 3. The van der Waals surface area contributed by atoms with Crippen LogP contribution >= 0.6 is 11.3 Å². The quantitative estimate of drug-likeness (QED) is 0.313. The van der Waals surface area contributed by atoms with Crippen LogP contribution < -0.4 is 14.8 Å². The van der Waals surface area contributed by atoms with Crippen LogP contribution in [0.3, 0.4) is 0 Å². The van der Waals surface area contributed by atoms with Crippen LogP contribution in [0.2, 0.25) is 0 Å². The molecule has 0 spiro atoms. The molecule has 1 N–H and O–H groups in total. The van der Waals surface area contributed by atoms with Crippen LogP contribution in [0.4, 0.5) is 0 Å². The molecular weight excluding hydrogens is 440 g/mol. The lowest BCUT2D eigenvalue weighted by molar-refractivity contribution is -0.143. The summed E-state index contributed by atoms with van der Waals surface area (Å²) in [5, 5.41) is 3.70. The molecule has 7 nitrogen and oxygen atoms in total. The Balaban J connectivity index is 1.42. The van der Waals surface area contributed by atoms with E-state index in [2.05, 4.69) is 10.3 Å². The molecule has 174 valence electrons. The van der Waals surface area contributed by atoms with E-state index in [-0.39, 0.29) is 12.5 Å². The molecule has 1 heterocycles. The highest BCUT2D eigenvalue weighted by Gasteiger charge is 2.08. The first-order chi connectivity index (χ1) is 16.1. The number of nitrogens with one attached hydrogen (secondary N) is 1. The third kappa shape index (κ3) is 7.61. The summed E-state index contributed by atoms with van der Waals surface area (Å²) in [5.41, 5.74) is 1.72. The van der Waals surface area contributed by atoms with Crippen LogP contribution in [-0.2, 0) is 20.7 Å². The molecule has 1 aromatic heterocycles. The predicted molar refractivity (Wildman–Crippen MR) is 130 cm³/mol. The molecule has 0 fully saturated rings. The zero-order valence-electron chi connectivity index (χ0n) is 18.8. The second kappa shape index (κ2) is 12.6. The number of carbonyl (C=O) groups excluding carboxylic acids is 2. The number of benzene rings is 2. The van der Waals surface area contributed by atoms with Gasteiger partial charge in [-0.2, -0.15) is 0 Å². The molecule has 0 aliphatic heterocycles. The summed E-state index contributed by atoms with van der Waals surface area (Å²) >= 11 is 1.61. The Kier molecular flexibility index (Phi) is 9.26. The number of carbonyl (C=O) groups is 2. The summed E-state index contributed by atoms with van der Waals surface area (Å²) in [5.74, 6) is 0.337. The Hall–Kier alpha value is -3.39. The molecule has 3 rings (SSSR count). The fourth-order valence-electron chi connectivity index (χ4n) is 2.96. The maximum absolute atomic E-state index is 12.0. The van der Waals surface area contributed by atoms with Crippen molar-refractivity contribution in [3.05, 3.63) is 59.1 Å². The molecule has 0 aliphatic rings. The third-order valence-corrected chi connectivity index (χ3v) is 5.58. The van der Waals surface area contributed by atoms with Crippen molar-refractivity contribution < 1.29 is 23.8 Å². The van der Waals surface area contributed by atoms with Crippen molar-refractivity contribution in [3.8, 4) is 11.5 Å². The van der Waals surface area contributed by atoms with E-state index >= 15 is 0 Å². The largest absolute Gasteiger partial charge is 0.490 e. The van der Waals surface area contributed by atoms with Gasteiger partial charge in [0, 0.05) is 19.0 Å². The average Bonchev–Trinajstić information content (AvgIpc) is 3.24. The highest BCUT2D eigenvalue weighted by molar-refractivity contribution is 7.18. The Morgan fingerprint density at radius 2 is 1.94 bits per heavy atom. The molecule has 0 aliphatic carbocycles. The number of esters is 1. The Bertz CT molecular complexity index is 1080. The molecule has 1 amide bonds. The first-order valence-electron chi connectivity index (χ1n) is 10.9. The van der Waals surface area contributed by atoms with Crippen molar-refractivity contribution in [1.82, 2.24) is 10.3 Å². The summed E-state index contributed by atoms with van der Waals surface area (Å²) < 4.78 is 17.4. The predicted octanol–water partition coefficient (Wildman–Crippen LogP) is 4.40. The number of fused-ring (bicyclic) bond motifs is 1. The summed E-state index contributed by atoms with van der Waals surface area (Å²) in [6.07, 6.45) is 4.42. The van der Waals surface area contributed by atoms with Crippen molar-refractivity contribution in [2.75, 3.05) is 26.4 Å². The third-order valence-electron chi connectivity index (χ3n) is 4.49. The molecule has 0 saturated heterocycles. The van der Waals surface area contributed by atoms with Crippen molar-refractivity contribution >= 4 is 39.5 Å². The lowest BCUT2D eigenvalue weighted by atomic mass is 10.2. The van der Waals surface area contributed by atoms with Crippen molar-refractivity contribution in [3.63, 3.8) is 0 Å². The van der Waals surface area contributed by atoms with Gasteiger partial charge in [-0.1, -0.05) is 25.1 Å². The Labute approximate surface area is 197 Å². The van der Waals surface area contributed by atoms with Gasteiger partial charge in [0.1, 0.15) is 0 Å². The molecule has 0 radical (unpaired) electrons. The monoisotopic (exact) mass is 468 g/mol. The molecule has 33 heavy (non-hydrogen) atoms. The Morgan fingerprint density at radius 1 is 1.09 bits per heavy atom. The van der Waals surface area contributed by atoms with Gasteiger partial charge in [-0.05, 0) is 49.2 Å². The second-order valence-electron chi connectivity index (χ2n) is 7.10. The molecule has 8 heteroatoms. The number of thiazole rings is 1. The van der Waals surface area contributed by atoms with E-state index in [9.17, 15) is 9.59 Å². The standard InChI is InChI=1S/C25H28N2O5S/c1-3-15-31-20-11-9-18(16-21(20)30-4-2)10-12-25(29)32-17-23(28)26-14-13-24-27-19-7-5-6-8-22(19)33-24/h5-12,16H,3-4,13-15,17H2,1-2H3,(H,26,28)/b12-10+. The van der Waals surface area contributed by atoms with Gasteiger partial charge in [0.25, 0.3) is 5.91 Å². The van der Waals surface area contributed by atoms with E-state index in [1.54, 1.807) is 23.5 Å². The lowest BCUT2D eigenvalue weighted by Gasteiger charge is -2.12. The second-order valence-corrected chi connectivity index (χ2v) is 8.22. The molecule has 0 unspecified atom stereocenters. The number of aromatic nitrogens is 1. The highest BCUT2D eigenvalue weighted by Crippen LogP contribution is 2.29. The van der Waals surface area contributed by atoms with Crippen molar-refractivity contribution in [2.45, 2.75) is 26.7 Å². The fraction of sp³-hybridized carbons (Fsp3) is 0.320. The number of rotatable bonds is 12. The Morgan fingerprint density at radius 3 is 2.73 bits per heavy atom. The number of hydrogen-bond acceptors (Lipinski definition) is 7.